The first kappa shape index (κ1) is 10.2. The molecular weight excluding hydrogens is 173 g/mol. The van der Waals surface area contributed by atoms with E-state index in [2.05, 4.69) is 0 Å². The third-order valence-electron chi connectivity index (χ3n) is 2.08. The molecule has 3 nitrogen and oxygen atoms in total. The summed E-state index contributed by atoms with van der Waals surface area (Å²) in [5.74, 6) is -1.30. The fraction of sp³-hybridized carbons (Fsp3) is 0.667. The number of carbonyl (C=O) groups is 1. The smallest absolute Gasteiger partial charge is 0.282 e. The molecule has 0 saturated carbocycles. The lowest BCUT2D eigenvalue weighted by molar-refractivity contribution is -0.128. The minimum atomic E-state index is -0.700. The molecule has 1 atom stereocenters. The van der Waals surface area contributed by atoms with Crippen molar-refractivity contribution in [3.63, 3.8) is 0 Å². The SMILES string of the molecule is CC(C)=C(F)C(=O)N1CC[C@@H](O)C1. The number of hydrogen-bond acceptors (Lipinski definition) is 2. The highest BCUT2D eigenvalue weighted by atomic mass is 19.1. The lowest BCUT2D eigenvalue weighted by atomic mass is 10.3. The van der Waals surface area contributed by atoms with E-state index < -0.39 is 17.8 Å². The summed E-state index contributed by atoms with van der Waals surface area (Å²) in [6.45, 7) is 3.81. The van der Waals surface area contributed by atoms with Crippen LogP contribution in [0.3, 0.4) is 0 Å². The van der Waals surface area contributed by atoms with Crippen LogP contribution >= 0.6 is 0 Å². The van der Waals surface area contributed by atoms with Gasteiger partial charge >= 0.3 is 0 Å². The van der Waals surface area contributed by atoms with E-state index in [1.807, 2.05) is 0 Å². The fourth-order valence-corrected chi connectivity index (χ4v) is 1.28. The van der Waals surface area contributed by atoms with E-state index in [1.54, 1.807) is 13.8 Å². The number of likely N-dealkylation sites (tertiary alicyclic amines) is 1. The van der Waals surface area contributed by atoms with E-state index in [9.17, 15) is 9.18 Å². The zero-order valence-corrected chi connectivity index (χ0v) is 7.88. The van der Waals surface area contributed by atoms with Crippen molar-refractivity contribution in [2.45, 2.75) is 26.4 Å². The summed E-state index contributed by atoms with van der Waals surface area (Å²) in [7, 11) is 0. The second-order valence-corrected chi connectivity index (χ2v) is 3.51. The average molecular weight is 187 g/mol. The van der Waals surface area contributed by atoms with E-state index in [4.69, 9.17) is 5.11 Å². The maximum atomic E-state index is 13.1. The Morgan fingerprint density at radius 2 is 2.15 bits per heavy atom. The molecule has 74 valence electrons. The third kappa shape index (κ3) is 2.28. The number of allylic oxidation sites excluding steroid dienone is 1. The van der Waals surface area contributed by atoms with Crippen LogP contribution in [0.25, 0.3) is 0 Å². The molecule has 4 heteroatoms. The van der Waals surface area contributed by atoms with Gasteiger partial charge in [-0.25, -0.2) is 4.39 Å². The molecule has 0 aromatic rings. The molecule has 0 aliphatic carbocycles. The van der Waals surface area contributed by atoms with Gasteiger partial charge in [0.15, 0.2) is 5.83 Å². The van der Waals surface area contributed by atoms with E-state index in [-0.39, 0.29) is 6.54 Å². The number of halogens is 1. The number of amides is 1. The minimum absolute atomic E-state index is 0.250. The molecule has 13 heavy (non-hydrogen) atoms. The molecule has 1 heterocycles. The summed E-state index contributed by atoms with van der Waals surface area (Å²) in [5, 5.41) is 9.14. The van der Waals surface area contributed by atoms with Gasteiger partial charge in [-0.2, -0.15) is 0 Å². The number of rotatable bonds is 1. The van der Waals surface area contributed by atoms with Crippen LogP contribution in [0, 0.1) is 0 Å². The maximum Gasteiger partial charge on any atom is 0.282 e. The van der Waals surface area contributed by atoms with Crippen molar-refractivity contribution in [1.29, 1.82) is 0 Å². The van der Waals surface area contributed by atoms with Crippen LogP contribution in [0.5, 0.6) is 0 Å². The van der Waals surface area contributed by atoms with Gasteiger partial charge in [0.05, 0.1) is 6.10 Å². The first-order valence-corrected chi connectivity index (χ1v) is 4.32. The van der Waals surface area contributed by atoms with Crippen molar-refractivity contribution in [3.05, 3.63) is 11.4 Å². The number of nitrogens with zero attached hydrogens (tertiary/aromatic N) is 1. The Morgan fingerprint density at radius 3 is 2.54 bits per heavy atom. The molecule has 0 aromatic heterocycles. The van der Waals surface area contributed by atoms with Crippen molar-refractivity contribution < 1.29 is 14.3 Å². The third-order valence-corrected chi connectivity index (χ3v) is 2.08. The van der Waals surface area contributed by atoms with Crippen molar-refractivity contribution >= 4 is 5.91 Å². The summed E-state index contributed by atoms with van der Waals surface area (Å²) < 4.78 is 13.1. The molecule has 0 unspecified atom stereocenters. The predicted octanol–water partition coefficient (Wildman–Crippen LogP) is 0.843. The molecule has 1 saturated heterocycles. The summed E-state index contributed by atoms with van der Waals surface area (Å²) in [5.41, 5.74) is 0.381. The number of β-amino-alcohol motifs (C(OH)–C–C–N with tert-alkyl or cyclic N) is 1. The Labute approximate surface area is 76.8 Å². The lowest BCUT2D eigenvalue weighted by Crippen LogP contribution is -2.30. The maximum absolute atomic E-state index is 13.1. The van der Waals surface area contributed by atoms with Gasteiger partial charge in [0.1, 0.15) is 0 Å². The summed E-state index contributed by atoms with van der Waals surface area (Å²) in [4.78, 5) is 12.7. The molecule has 1 aliphatic heterocycles. The van der Waals surface area contributed by atoms with Crippen LogP contribution < -0.4 is 0 Å². The van der Waals surface area contributed by atoms with E-state index in [0.29, 0.717) is 18.5 Å². The normalized spacial score (nSPS) is 21.8. The number of carbonyl (C=O) groups excluding carboxylic acids is 1. The van der Waals surface area contributed by atoms with E-state index in [1.165, 1.54) is 4.90 Å². The summed E-state index contributed by atoms with van der Waals surface area (Å²) in [6, 6.07) is 0. The molecule has 1 rings (SSSR count). The van der Waals surface area contributed by atoms with E-state index >= 15 is 0 Å². The van der Waals surface area contributed by atoms with Gasteiger partial charge in [0.2, 0.25) is 0 Å². The van der Waals surface area contributed by atoms with Crippen LogP contribution in [-0.4, -0.2) is 35.1 Å². The molecule has 1 aliphatic rings. The van der Waals surface area contributed by atoms with Crippen LogP contribution in [-0.2, 0) is 4.79 Å². The van der Waals surface area contributed by atoms with Crippen molar-refractivity contribution in [1.82, 2.24) is 4.90 Å². The Kier molecular flexibility index (Phi) is 3.03. The van der Waals surface area contributed by atoms with Crippen LogP contribution in [0.15, 0.2) is 11.4 Å². The lowest BCUT2D eigenvalue weighted by Gasteiger charge is -2.14. The molecular formula is C9H14FNO2. The highest BCUT2D eigenvalue weighted by Gasteiger charge is 2.27. The standard InChI is InChI=1S/C9H14FNO2/c1-6(2)8(10)9(13)11-4-3-7(12)5-11/h7,12H,3-5H2,1-2H3/t7-/m1/s1. The quantitative estimate of drug-likeness (QED) is 0.618. The van der Waals surface area contributed by atoms with Gasteiger partial charge in [-0.1, -0.05) is 0 Å². The second kappa shape index (κ2) is 3.87. The van der Waals surface area contributed by atoms with Crippen LogP contribution in [0.4, 0.5) is 4.39 Å². The van der Waals surface area contributed by atoms with Gasteiger partial charge < -0.3 is 10.0 Å². The molecule has 1 fully saturated rings. The predicted molar refractivity (Wildman–Crippen MR) is 46.7 cm³/mol. The zero-order chi connectivity index (χ0) is 10.0. The summed E-state index contributed by atoms with van der Waals surface area (Å²) in [6.07, 6.45) is 0.0517. The molecule has 1 N–H and O–H groups in total. The molecule has 0 spiro atoms. The highest BCUT2D eigenvalue weighted by molar-refractivity contribution is 5.92. The van der Waals surface area contributed by atoms with Crippen molar-refractivity contribution in [2.24, 2.45) is 0 Å². The molecule has 0 aromatic carbocycles. The second-order valence-electron chi connectivity index (χ2n) is 3.51. The minimum Gasteiger partial charge on any atom is -0.391 e. The van der Waals surface area contributed by atoms with Crippen molar-refractivity contribution in [3.8, 4) is 0 Å². The first-order chi connectivity index (χ1) is 6.02. The monoisotopic (exact) mass is 187 g/mol. The fourth-order valence-electron chi connectivity index (χ4n) is 1.28. The largest absolute Gasteiger partial charge is 0.391 e. The van der Waals surface area contributed by atoms with Gasteiger partial charge in [0, 0.05) is 13.1 Å². The Balaban J connectivity index is 2.64. The van der Waals surface area contributed by atoms with Gasteiger partial charge in [0.25, 0.3) is 5.91 Å². The topological polar surface area (TPSA) is 40.5 Å². The van der Waals surface area contributed by atoms with Gasteiger partial charge in [-0.05, 0) is 25.8 Å². The number of hydrogen-bond donors (Lipinski definition) is 1. The zero-order valence-electron chi connectivity index (χ0n) is 7.88. The number of aliphatic hydroxyl groups is 1. The Bertz CT molecular complexity index is 246. The molecule has 0 bridgehead atoms. The van der Waals surface area contributed by atoms with Crippen LogP contribution in [0.2, 0.25) is 0 Å². The average Bonchev–Trinajstić information content (AvgIpc) is 2.49. The van der Waals surface area contributed by atoms with Crippen LogP contribution in [0.1, 0.15) is 20.3 Å². The molecule has 0 radical (unpaired) electrons. The van der Waals surface area contributed by atoms with Gasteiger partial charge in [-0.15, -0.1) is 0 Å². The van der Waals surface area contributed by atoms with Crippen molar-refractivity contribution in [2.75, 3.05) is 13.1 Å². The molecule has 1 amide bonds. The Morgan fingerprint density at radius 1 is 1.54 bits per heavy atom. The highest BCUT2D eigenvalue weighted by Crippen LogP contribution is 2.15. The number of aliphatic hydroxyl groups excluding tert-OH is 1. The van der Waals surface area contributed by atoms with Gasteiger partial charge in [-0.3, -0.25) is 4.79 Å². The summed E-state index contributed by atoms with van der Waals surface area (Å²) >= 11 is 0. The van der Waals surface area contributed by atoms with E-state index in [0.717, 1.165) is 0 Å². The Hall–Kier alpha value is -0.900. The first-order valence-electron chi connectivity index (χ1n) is 4.32.